The highest BCUT2D eigenvalue weighted by molar-refractivity contribution is 5.93. The predicted molar refractivity (Wildman–Crippen MR) is 78.9 cm³/mol. The number of nitrogens with one attached hydrogen (secondary N) is 2. The molecular formula is C15H18F2N2O. The number of benzene rings is 2. The molecule has 0 aliphatic heterocycles. The average molecular weight is 280 g/mol. The van der Waals surface area contributed by atoms with Gasteiger partial charge in [0, 0.05) is 14.6 Å². The van der Waals surface area contributed by atoms with Crippen molar-refractivity contribution in [3.05, 3.63) is 59.7 Å². The van der Waals surface area contributed by atoms with E-state index in [1.165, 1.54) is 6.07 Å². The summed E-state index contributed by atoms with van der Waals surface area (Å²) in [5, 5.41) is 5.29. The summed E-state index contributed by atoms with van der Waals surface area (Å²) >= 11 is 0. The predicted octanol–water partition coefficient (Wildman–Crippen LogP) is 3.82. The Morgan fingerprint density at radius 1 is 1.15 bits per heavy atom. The molecule has 0 aromatic heterocycles. The monoisotopic (exact) mass is 280 g/mol. The van der Waals surface area contributed by atoms with Crippen molar-refractivity contribution in [2.75, 3.05) is 17.2 Å². The number of amides is 1. The molecule has 2 aromatic carbocycles. The highest BCUT2D eigenvalue weighted by atomic mass is 19.1. The Labute approximate surface area is 118 Å². The quantitative estimate of drug-likeness (QED) is 0.894. The van der Waals surface area contributed by atoms with Crippen LogP contribution >= 0.6 is 0 Å². The van der Waals surface area contributed by atoms with E-state index >= 15 is 0 Å². The molecule has 3 nitrogen and oxygen atoms in total. The minimum absolute atomic E-state index is 0. The number of rotatable bonds is 4. The van der Waals surface area contributed by atoms with Gasteiger partial charge in [-0.05, 0) is 31.2 Å². The van der Waals surface area contributed by atoms with Gasteiger partial charge in [-0.1, -0.05) is 17.7 Å². The van der Waals surface area contributed by atoms with Crippen molar-refractivity contribution in [2.24, 2.45) is 0 Å². The fraction of sp³-hybridized carbons (Fsp3) is 0.133. The third kappa shape index (κ3) is 3.78. The molecule has 20 heavy (non-hydrogen) atoms. The number of hydrogen-bond acceptors (Lipinski definition) is 2. The smallest absolute Gasteiger partial charge is 0.243 e. The second-order valence-corrected chi connectivity index (χ2v) is 4.39. The third-order valence-electron chi connectivity index (χ3n) is 2.71. The fourth-order valence-corrected chi connectivity index (χ4v) is 1.65. The minimum Gasteiger partial charge on any atom is -0.374 e. The Morgan fingerprint density at radius 3 is 2.50 bits per heavy atom. The molecule has 1 amide bonds. The zero-order chi connectivity index (χ0) is 14.5. The molecule has 2 rings (SSSR count). The Morgan fingerprint density at radius 2 is 1.85 bits per heavy atom. The normalized spacial score (nSPS) is 10.2. The van der Waals surface area contributed by atoms with Gasteiger partial charge in [0.15, 0.2) is 0 Å². The third-order valence-corrected chi connectivity index (χ3v) is 2.71. The zero-order valence-corrected chi connectivity index (χ0v) is 10.9. The van der Waals surface area contributed by atoms with E-state index in [4.69, 9.17) is 0 Å². The van der Waals surface area contributed by atoms with Crippen molar-refractivity contribution in [3.63, 3.8) is 0 Å². The largest absolute Gasteiger partial charge is 0.374 e. The van der Waals surface area contributed by atoms with Crippen LogP contribution in [-0.4, -0.2) is 12.5 Å². The molecule has 0 saturated heterocycles. The molecule has 0 radical (unpaired) electrons. The van der Waals surface area contributed by atoms with Crippen LogP contribution in [0.25, 0.3) is 0 Å². The van der Waals surface area contributed by atoms with Gasteiger partial charge in [-0.15, -0.1) is 0 Å². The van der Waals surface area contributed by atoms with Gasteiger partial charge in [0.2, 0.25) is 5.91 Å². The molecule has 108 valence electrons. The minimum atomic E-state index is -0.729. The van der Waals surface area contributed by atoms with Gasteiger partial charge < -0.3 is 10.6 Å². The lowest BCUT2D eigenvalue weighted by molar-refractivity contribution is -0.114. The molecule has 0 fully saturated rings. The van der Waals surface area contributed by atoms with E-state index < -0.39 is 11.6 Å². The Bertz CT molecular complexity index is 621. The molecule has 2 aromatic rings. The maximum atomic E-state index is 13.3. The van der Waals surface area contributed by atoms with Crippen LogP contribution in [0.5, 0.6) is 0 Å². The molecule has 2 N–H and O–H groups in total. The zero-order valence-electron chi connectivity index (χ0n) is 10.9. The summed E-state index contributed by atoms with van der Waals surface area (Å²) in [6, 6.07) is 10.5. The van der Waals surface area contributed by atoms with E-state index in [2.05, 4.69) is 10.6 Å². The van der Waals surface area contributed by atoms with Crippen molar-refractivity contribution in [1.29, 1.82) is 0 Å². The summed E-state index contributed by atoms with van der Waals surface area (Å²) in [5.74, 6) is -1.69. The fourth-order valence-electron chi connectivity index (χ4n) is 1.65. The van der Waals surface area contributed by atoms with E-state index in [1.807, 2.05) is 19.1 Å². The van der Waals surface area contributed by atoms with Gasteiger partial charge in [0.05, 0.1) is 12.2 Å². The van der Waals surface area contributed by atoms with Gasteiger partial charge in [-0.25, -0.2) is 8.78 Å². The molecule has 0 atom stereocenters. The molecule has 5 heteroatoms. The van der Waals surface area contributed by atoms with Crippen LogP contribution in [0.15, 0.2) is 42.5 Å². The highest BCUT2D eigenvalue weighted by Crippen LogP contribution is 2.14. The first-order valence-electron chi connectivity index (χ1n) is 6.10. The van der Waals surface area contributed by atoms with Crippen LogP contribution in [0.4, 0.5) is 20.2 Å². The number of carbonyl (C=O) groups excluding carboxylic acids is 1. The molecule has 0 saturated carbocycles. The first kappa shape index (κ1) is 14.0. The summed E-state index contributed by atoms with van der Waals surface area (Å²) < 4.78 is 26.1. The van der Waals surface area contributed by atoms with Crippen LogP contribution in [0.3, 0.4) is 0 Å². The molecule has 0 heterocycles. The number of halogens is 2. The van der Waals surface area contributed by atoms with E-state index in [0.717, 1.165) is 17.7 Å². The van der Waals surface area contributed by atoms with Crippen LogP contribution in [0, 0.1) is 18.6 Å². The summed E-state index contributed by atoms with van der Waals surface area (Å²) in [6.45, 7) is 1.85. The number of anilines is 2. The second-order valence-electron chi connectivity index (χ2n) is 4.39. The van der Waals surface area contributed by atoms with E-state index in [0.29, 0.717) is 5.69 Å². The molecule has 0 aliphatic carbocycles. The van der Waals surface area contributed by atoms with Crippen molar-refractivity contribution >= 4 is 17.3 Å². The van der Waals surface area contributed by atoms with Crippen molar-refractivity contribution < 1.29 is 16.4 Å². The lowest BCUT2D eigenvalue weighted by Gasteiger charge is -2.08. The lowest BCUT2D eigenvalue weighted by atomic mass is 10.2. The van der Waals surface area contributed by atoms with Crippen LogP contribution in [0.2, 0.25) is 0 Å². The van der Waals surface area contributed by atoms with Gasteiger partial charge in [-0.2, -0.15) is 0 Å². The first-order valence-corrected chi connectivity index (χ1v) is 6.10. The SMILES string of the molecule is Cc1ccc(NC(=O)CNc2ccc(F)cc2F)cc1.[HH].[HH]. The Kier molecular flexibility index (Phi) is 4.30. The maximum Gasteiger partial charge on any atom is 0.243 e. The number of carbonyl (C=O) groups is 1. The van der Waals surface area contributed by atoms with E-state index in [-0.39, 0.29) is 21.0 Å². The Balaban J connectivity index is 0.00000220. The van der Waals surface area contributed by atoms with Crippen molar-refractivity contribution in [3.8, 4) is 0 Å². The molecule has 0 unspecified atom stereocenters. The average Bonchev–Trinajstić information content (AvgIpc) is 2.40. The van der Waals surface area contributed by atoms with E-state index in [1.54, 1.807) is 12.1 Å². The highest BCUT2D eigenvalue weighted by Gasteiger charge is 2.06. The first-order chi connectivity index (χ1) is 9.54. The molecular weight excluding hydrogens is 262 g/mol. The standard InChI is InChI=1S/C15H14F2N2O.2H2/c1-10-2-5-12(6-3-10)19-15(20)9-18-14-7-4-11(16)8-13(14)17;;/h2-8,18H,9H2,1H3,(H,19,20);2*1H. The second kappa shape index (κ2) is 6.14. The lowest BCUT2D eigenvalue weighted by Crippen LogP contribution is -2.22. The van der Waals surface area contributed by atoms with Gasteiger partial charge in [0.1, 0.15) is 11.6 Å². The van der Waals surface area contributed by atoms with Gasteiger partial charge in [-0.3, -0.25) is 4.79 Å². The number of hydrogen-bond donors (Lipinski definition) is 2. The van der Waals surface area contributed by atoms with Crippen molar-refractivity contribution in [2.45, 2.75) is 6.92 Å². The van der Waals surface area contributed by atoms with E-state index in [9.17, 15) is 13.6 Å². The van der Waals surface area contributed by atoms with Gasteiger partial charge >= 0.3 is 0 Å². The van der Waals surface area contributed by atoms with Crippen LogP contribution in [-0.2, 0) is 4.79 Å². The van der Waals surface area contributed by atoms with Crippen LogP contribution < -0.4 is 10.6 Å². The summed E-state index contributed by atoms with van der Waals surface area (Å²) in [6.07, 6.45) is 0. The molecule has 0 spiro atoms. The topological polar surface area (TPSA) is 41.1 Å². The summed E-state index contributed by atoms with van der Waals surface area (Å²) in [5.41, 5.74) is 1.85. The Hall–Kier alpha value is -2.43. The molecule has 0 bridgehead atoms. The molecule has 0 aliphatic rings. The maximum absolute atomic E-state index is 13.3. The summed E-state index contributed by atoms with van der Waals surface area (Å²) in [7, 11) is 0. The summed E-state index contributed by atoms with van der Waals surface area (Å²) in [4.78, 5) is 11.7. The van der Waals surface area contributed by atoms with Gasteiger partial charge in [0.25, 0.3) is 0 Å². The van der Waals surface area contributed by atoms with Crippen molar-refractivity contribution in [1.82, 2.24) is 0 Å². The van der Waals surface area contributed by atoms with Crippen LogP contribution in [0.1, 0.15) is 8.42 Å². The number of aryl methyl sites for hydroxylation is 1.